The first kappa shape index (κ1) is 19.2. The van der Waals surface area contributed by atoms with E-state index in [2.05, 4.69) is 17.1 Å². The van der Waals surface area contributed by atoms with E-state index < -0.39 is 10.0 Å². The Labute approximate surface area is 135 Å². The van der Waals surface area contributed by atoms with Gasteiger partial charge in [0, 0.05) is 45.3 Å². The van der Waals surface area contributed by atoms with E-state index in [-0.39, 0.29) is 12.4 Å². The molecule has 0 aliphatic carbocycles. The van der Waals surface area contributed by atoms with Crippen molar-refractivity contribution in [3.05, 3.63) is 0 Å². The second-order valence-electron chi connectivity index (χ2n) is 6.27. The Balaban J connectivity index is 0.00000220. The highest BCUT2D eigenvalue weighted by Crippen LogP contribution is 2.21. The van der Waals surface area contributed by atoms with Gasteiger partial charge in [0.05, 0.1) is 6.26 Å². The van der Waals surface area contributed by atoms with Crippen molar-refractivity contribution in [1.82, 2.24) is 14.5 Å². The standard InChI is InChI=1S/C14H29N3O2S.ClH/c1-3-5-14-10-15-7-9-16(14)11-13-6-4-8-17(12-13)20(2,18)19;/h13-15H,3-12H2,1-2H3;1H. The SMILES string of the molecule is CCCC1CNCCN1CC1CCCN(S(C)(=O)=O)C1.Cl. The normalized spacial score (nSPS) is 29.0. The number of hydrogen-bond acceptors (Lipinski definition) is 4. The number of piperidine rings is 1. The monoisotopic (exact) mass is 339 g/mol. The van der Waals surface area contributed by atoms with Crippen LogP contribution < -0.4 is 5.32 Å². The molecule has 2 heterocycles. The summed E-state index contributed by atoms with van der Waals surface area (Å²) >= 11 is 0. The lowest BCUT2D eigenvalue weighted by Gasteiger charge is -2.40. The predicted molar refractivity (Wildman–Crippen MR) is 89.5 cm³/mol. The number of sulfonamides is 1. The van der Waals surface area contributed by atoms with Gasteiger partial charge in [0.1, 0.15) is 0 Å². The van der Waals surface area contributed by atoms with Crippen LogP contribution in [0.25, 0.3) is 0 Å². The Bertz CT molecular complexity index is 403. The highest BCUT2D eigenvalue weighted by molar-refractivity contribution is 7.88. The van der Waals surface area contributed by atoms with Gasteiger partial charge in [-0.2, -0.15) is 0 Å². The Kier molecular flexibility index (Phi) is 7.92. The Morgan fingerprint density at radius 1 is 1.29 bits per heavy atom. The van der Waals surface area contributed by atoms with Crippen molar-refractivity contribution in [2.24, 2.45) is 5.92 Å². The van der Waals surface area contributed by atoms with Crippen LogP contribution >= 0.6 is 12.4 Å². The largest absolute Gasteiger partial charge is 0.314 e. The molecule has 0 aromatic carbocycles. The highest BCUT2D eigenvalue weighted by atomic mass is 35.5. The number of hydrogen-bond donors (Lipinski definition) is 1. The van der Waals surface area contributed by atoms with Crippen LogP contribution in [-0.4, -0.2) is 69.2 Å². The molecule has 0 saturated carbocycles. The molecule has 2 atom stereocenters. The molecule has 2 aliphatic rings. The quantitative estimate of drug-likeness (QED) is 0.816. The van der Waals surface area contributed by atoms with Crippen molar-refractivity contribution >= 4 is 22.4 Å². The number of rotatable bonds is 5. The van der Waals surface area contributed by atoms with E-state index in [4.69, 9.17) is 0 Å². The molecule has 0 bridgehead atoms. The molecule has 0 amide bonds. The number of nitrogens with one attached hydrogen (secondary N) is 1. The molecule has 0 radical (unpaired) electrons. The first-order valence-electron chi connectivity index (χ1n) is 7.90. The first-order chi connectivity index (χ1) is 9.50. The van der Waals surface area contributed by atoms with Crippen molar-refractivity contribution < 1.29 is 8.42 Å². The molecule has 0 spiro atoms. The molecule has 2 saturated heterocycles. The van der Waals surface area contributed by atoms with E-state index in [9.17, 15) is 8.42 Å². The maximum Gasteiger partial charge on any atom is 0.211 e. The van der Waals surface area contributed by atoms with Crippen LogP contribution in [0.5, 0.6) is 0 Å². The molecule has 126 valence electrons. The molecule has 0 aromatic rings. The number of nitrogens with zero attached hydrogens (tertiary/aromatic N) is 2. The van der Waals surface area contributed by atoms with Gasteiger partial charge in [-0.05, 0) is 25.2 Å². The zero-order chi connectivity index (χ0) is 14.6. The Morgan fingerprint density at radius 3 is 2.71 bits per heavy atom. The van der Waals surface area contributed by atoms with Crippen LogP contribution in [-0.2, 0) is 10.0 Å². The fourth-order valence-corrected chi connectivity index (χ4v) is 4.41. The van der Waals surface area contributed by atoms with Gasteiger partial charge in [-0.15, -0.1) is 12.4 Å². The molecular formula is C14H30ClN3O2S. The topological polar surface area (TPSA) is 52.6 Å². The minimum atomic E-state index is -3.02. The summed E-state index contributed by atoms with van der Waals surface area (Å²) in [5.74, 6) is 0.496. The van der Waals surface area contributed by atoms with Crippen LogP contribution in [0.1, 0.15) is 32.6 Å². The molecule has 2 unspecified atom stereocenters. The second kappa shape index (κ2) is 8.67. The lowest BCUT2D eigenvalue weighted by Crippen LogP contribution is -2.54. The van der Waals surface area contributed by atoms with Crippen LogP contribution in [0.15, 0.2) is 0 Å². The third kappa shape index (κ3) is 5.67. The van der Waals surface area contributed by atoms with Gasteiger partial charge in [-0.1, -0.05) is 13.3 Å². The van der Waals surface area contributed by atoms with Crippen LogP contribution in [0, 0.1) is 5.92 Å². The molecule has 0 aromatic heterocycles. The number of halogens is 1. The molecule has 2 fully saturated rings. The minimum absolute atomic E-state index is 0. The summed E-state index contributed by atoms with van der Waals surface area (Å²) in [4.78, 5) is 2.58. The van der Waals surface area contributed by atoms with Gasteiger partial charge in [-0.25, -0.2) is 12.7 Å². The summed E-state index contributed by atoms with van der Waals surface area (Å²) < 4.78 is 25.1. The van der Waals surface area contributed by atoms with Crippen LogP contribution in [0.2, 0.25) is 0 Å². The maximum atomic E-state index is 11.7. The maximum absolute atomic E-state index is 11.7. The van der Waals surface area contributed by atoms with Crippen LogP contribution in [0.4, 0.5) is 0 Å². The van der Waals surface area contributed by atoms with E-state index in [1.165, 1.54) is 19.1 Å². The average Bonchev–Trinajstić information content (AvgIpc) is 2.41. The van der Waals surface area contributed by atoms with E-state index in [0.29, 0.717) is 25.0 Å². The molecule has 1 N–H and O–H groups in total. The van der Waals surface area contributed by atoms with Gasteiger partial charge in [-0.3, -0.25) is 4.90 Å². The Morgan fingerprint density at radius 2 is 2.05 bits per heavy atom. The fourth-order valence-electron chi connectivity index (χ4n) is 3.47. The third-order valence-electron chi connectivity index (χ3n) is 4.54. The Hall–Kier alpha value is 0.120. The average molecular weight is 340 g/mol. The van der Waals surface area contributed by atoms with Crippen molar-refractivity contribution in [2.75, 3.05) is 45.5 Å². The van der Waals surface area contributed by atoms with Crippen molar-refractivity contribution in [2.45, 2.75) is 38.6 Å². The van der Waals surface area contributed by atoms with Gasteiger partial charge < -0.3 is 5.32 Å². The summed E-state index contributed by atoms with van der Waals surface area (Å²) in [7, 11) is -3.02. The predicted octanol–water partition coefficient (Wildman–Crippen LogP) is 1.15. The zero-order valence-corrected chi connectivity index (χ0v) is 14.9. The van der Waals surface area contributed by atoms with Crippen molar-refractivity contribution in [3.8, 4) is 0 Å². The third-order valence-corrected chi connectivity index (χ3v) is 5.81. The molecule has 21 heavy (non-hydrogen) atoms. The van der Waals surface area contributed by atoms with Crippen molar-refractivity contribution in [1.29, 1.82) is 0 Å². The van der Waals surface area contributed by atoms with Gasteiger partial charge in [0.15, 0.2) is 0 Å². The second-order valence-corrected chi connectivity index (χ2v) is 8.25. The zero-order valence-electron chi connectivity index (χ0n) is 13.3. The summed E-state index contributed by atoms with van der Waals surface area (Å²) in [6.07, 6.45) is 5.94. The van der Waals surface area contributed by atoms with Gasteiger partial charge >= 0.3 is 0 Å². The van der Waals surface area contributed by atoms with E-state index in [1.807, 2.05) is 0 Å². The fraction of sp³-hybridized carbons (Fsp3) is 1.00. The highest BCUT2D eigenvalue weighted by Gasteiger charge is 2.29. The van der Waals surface area contributed by atoms with E-state index >= 15 is 0 Å². The lowest BCUT2D eigenvalue weighted by atomic mass is 9.97. The first-order valence-corrected chi connectivity index (χ1v) is 9.75. The van der Waals surface area contributed by atoms with Gasteiger partial charge in [0.25, 0.3) is 0 Å². The van der Waals surface area contributed by atoms with Gasteiger partial charge in [0.2, 0.25) is 10.0 Å². The lowest BCUT2D eigenvalue weighted by molar-refractivity contribution is 0.110. The summed E-state index contributed by atoms with van der Waals surface area (Å²) in [5, 5.41) is 3.47. The molecule has 2 aliphatic heterocycles. The van der Waals surface area contributed by atoms with Crippen LogP contribution in [0.3, 0.4) is 0 Å². The summed E-state index contributed by atoms with van der Waals surface area (Å²) in [6.45, 7) is 7.94. The summed E-state index contributed by atoms with van der Waals surface area (Å²) in [6, 6.07) is 0.627. The molecular weight excluding hydrogens is 310 g/mol. The minimum Gasteiger partial charge on any atom is -0.314 e. The molecule has 5 nitrogen and oxygen atoms in total. The van der Waals surface area contributed by atoms with E-state index in [1.54, 1.807) is 4.31 Å². The molecule has 2 rings (SSSR count). The van der Waals surface area contributed by atoms with E-state index in [0.717, 1.165) is 39.0 Å². The smallest absolute Gasteiger partial charge is 0.211 e. The summed E-state index contributed by atoms with van der Waals surface area (Å²) in [5.41, 5.74) is 0. The van der Waals surface area contributed by atoms with Crippen molar-refractivity contribution in [3.63, 3.8) is 0 Å². The number of piperazine rings is 1. The molecule has 7 heteroatoms.